The van der Waals surface area contributed by atoms with E-state index in [-0.39, 0.29) is 0 Å². The van der Waals surface area contributed by atoms with Crippen molar-refractivity contribution >= 4 is 5.57 Å². The highest BCUT2D eigenvalue weighted by Crippen LogP contribution is 2.30. The summed E-state index contributed by atoms with van der Waals surface area (Å²) in [5.74, 6) is 0. The predicted molar refractivity (Wildman–Crippen MR) is 136 cm³/mol. The first-order valence-electron chi connectivity index (χ1n) is 12.4. The van der Waals surface area contributed by atoms with Gasteiger partial charge < -0.3 is 5.32 Å². The molecular weight excluding hydrogens is 388 g/mol. The van der Waals surface area contributed by atoms with Crippen molar-refractivity contribution in [3.8, 4) is 0 Å². The van der Waals surface area contributed by atoms with E-state index >= 15 is 0 Å². The molecule has 0 saturated carbocycles. The monoisotopic (exact) mass is 424 g/mol. The molecule has 0 aliphatic heterocycles. The van der Waals surface area contributed by atoms with E-state index in [1.165, 1.54) is 65.6 Å². The second-order valence-electron chi connectivity index (χ2n) is 8.77. The Kier molecular flexibility index (Phi) is 8.28. The molecule has 2 aromatic carbocycles. The Labute approximate surface area is 193 Å². The first kappa shape index (κ1) is 22.5. The zero-order valence-corrected chi connectivity index (χ0v) is 19.4. The van der Waals surface area contributed by atoms with Gasteiger partial charge in [0.15, 0.2) is 0 Å². The van der Waals surface area contributed by atoms with Gasteiger partial charge in [0.25, 0.3) is 0 Å². The van der Waals surface area contributed by atoms with E-state index in [4.69, 9.17) is 0 Å². The maximum atomic E-state index is 4.61. The molecule has 0 bridgehead atoms. The quantitative estimate of drug-likeness (QED) is 0.363. The maximum Gasteiger partial charge on any atom is 0.0438 e. The fourth-order valence-electron chi connectivity index (χ4n) is 4.96. The fraction of sp³-hybridized carbons (Fsp3) is 0.367. The minimum Gasteiger partial charge on any atom is -0.316 e. The lowest BCUT2D eigenvalue weighted by Gasteiger charge is -2.18. The maximum absolute atomic E-state index is 4.61. The molecule has 0 spiro atoms. The van der Waals surface area contributed by atoms with Crippen LogP contribution in [0.1, 0.15) is 67.0 Å². The average molecular weight is 425 g/mol. The van der Waals surface area contributed by atoms with E-state index in [0.29, 0.717) is 0 Å². The van der Waals surface area contributed by atoms with Gasteiger partial charge in [0.2, 0.25) is 0 Å². The molecule has 4 rings (SSSR count). The van der Waals surface area contributed by atoms with Gasteiger partial charge in [-0.2, -0.15) is 0 Å². The van der Waals surface area contributed by atoms with Crippen molar-refractivity contribution < 1.29 is 0 Å². The molecule has 0 radical (unpaired) electrons. The third-order valence-corrected chi connectivity index (χ3v) is 6.64. The standard InChI is InChI=1S/C30H36N2/c1-2-24(30(26-12-5-3-6-13-26)27-14-7-4-8-15-27)19-22-31-21-11-16-25-20-23-32-29-18-10-9-17-28(25)29/h3-8,12-15,20,23,31H,2,9-11,16-19,21-22H2,1H3. The molecule has 1 aliphatic carbocycles. The Hall–Kier alpha value is -2.71. The molecule has 32 heavy (non-hydrogen) atoms. The molecule has 0 unspecified atom stereocenters. The van der Waals surface area contributed by atoms with Crippen molar-refractivity contribution in [2.45, 2.75) is 58.3 Å². The largest absolute Gasteiger partial charge is 0.316 e. The van der Waals surface area contributed by atoms with E-state index in [9.17, 15) is 0 Å². The van der Waals surface area contributed by atoms with Gasteiger partial charge in [-0.15, -0.1) is 0 Å². The van der Waals surface area contributed by atoms with Crippen LogP contribution >= 0.6 is 0 Å². The van der Waals surface area contributed by atoms with Crippen molar-refractivity contribution in [3.05, 3.63) is 106 Å². The van der Waals surface area contributed by atoms with Gasteiger partial charge >= 0.3 is 0 Å². The van der Waals surface area contributed by atoms with Crippen LogP contribution in [0.15, 0.2) is 78.5 Å². The lowest BCUT2D eigenvalue weighted by Crippen LogP contribution is -2.18. The molecule has 1 heterocycles. The summed E-state index contributed by atoms with van der Waals surface area (Å²) < 4.78 is 0. The Morgan fingerprint density at radius 1 is 0.844 bits per heavy atom. The number of benzene rings is 2. The Balaban J connectivity index is 1.35. The van der Waals surface area contributed by atoms with Crippen LogP contribution in [0.3, 0.4) is 0 Å². The third kappa shape index (κ3) is 5.75. The number of pyridine rings is 1. The highest BCUT2D eigenvalue weighted by atomic mass is 14.8. The van der Waals surface area contributed by atoms with Gasteiger partial charge in [-0.05, 0) is 98.3 Å². The molecule has 2 heteroatoms. The van der Waals surface area contributed by atoms with Crippen molar-refractivity contribution in [2.75, 3.05) is 13.1 Å². The number of hydrogen-bond acceptors (Lipinski definition) is 2. The molecule has 0 fully saturated rings. The highest BCUT2D eigenvalue weighted by Gasteiger charge is 2.14. The number of nitrogens with zero attached hydrogens (tertiary/aromatic N) is 1. The Morgan fingerprint density at radius 2 is 1.53 bits per heavy atom. The molecular formula is C30H36N2. The number of nitrogens with one attached hydrogen (secondary N) is 1. The summed E-state index contributed by atoms with van der Waals surface area (Å²) in [4.78, 5) is 4.61. The van der Waals surface area contributed by atoms with Gasteiger partial charge in [0.05, 0.1) is 0 Å². The summed E-state index contributed by atoms with van der Waals surface area (Å²) in [6.07, 6.45) is 11.5. The van der Waals surface area contributed by atoms with E-state index in [2.05, 4.69) is 84.0 Å². The molecule has 1 aromatic heterocycles. The van der Waals surface area contributed by atoms with Crippen LogP contribution in [0.5, 0.6) is 0 Å². The first-order valence-corrected chi connectivity index (χ1v) is 12.4. The SMILES string of the molecule is CCC(CCNCCCc1ccnc2c1CCCC2)=C(c1ccccc1)c1ccccc1. The van der Waals surface area contributed by atoms with Crippen LogP contribution in [-0.4, -0.2) is 18.1 Å². The summed E-state index contributed by atoms with van der Waals surface area (Å²) in [5, 5.41) is 3.71. The lowest BCUT2D eigenvalue weighted by atomic mass is 9.90. The van der Waals surface area contributed by atoms with E-state index in [1.807, 2.05) is 6.20 Å². The molecule has 0 saturated heterocycles. The normalized spacial score (nSPS) is 12.9. The first-order chi connectivity index (χ1) is 15.9. The van der Waals surface area contributed by atoms with Gasteiger partial charge in [-0.3, -0.25) is 4.98 Å². The van der Waals surface area contributed by atoms with Crippen LogP contribution in [-0.2, 0) is 19.3 Å². The van der Waals surface area contributed by atoms with E-state index < -0.39 is 0 Å². The fourth-order valence-corrected chi connectivity index (χ4v) is 4.96. The van der Waals surface area contributed by atoms with Crippen molar-refractivity contribution in [1.82, 2.24) is 10.3 Å². The topological polar surface area (TPSA) is 24.9 Å². The molecule has 0 atom stereocenters. The molecule has 3 aromatic rings. The molecule has 2 nitrogen and oxygen atoms in total. The predicted octanol–water partition coefficient (Wildman–Crippen LogP) is 6.78. The lowest BCUT2D eigenvalue weighted by molar-refractivity contribution is 0.628. The summed E-state index contributed by atoms with van der Waals surface area (Å²) in [6, 6.07) is 23.9. The van der Waals surface area contributed by atoms with E-state index in [1.54, 1.807) is 5.56 Å². The van der Waals surface area contributed by atoms with Gasteiger partial charge in [-0.25, -0.2) is 0 Å². The summed E-state index contributed by atoms with van der Waals surface area (Å²) in [7, 11) is 0. The minimum atomic E-state index is 1.03. The van der Waals surface area contributed by atoms with Crippen molar-refractivity contribution in [3.63, 3.8) is 0 Å². The van der Waals surface area contributed by atoms with Gasteiger partial charge in [-0.1, -0.05) is 73.2 Å². The van der Waals surface area contributed by atoms with E-state index in [0.717, 1.165) is 32.4 Å². The number of fused-ring (bicyclic) bond motifs is 1. The minimum absolute atomic E-state index is 1.03. The Morgan fingerprint density at radius 3 is 2.22 bits per heavy atom. The van der Waals surface area contributed by atoms with Crippen LogP contribution in [0.2, 0.25) is 0 Å². The van der Waals surface area contributed by atoms with Crippen molar-refractivity contribution in [1.29, 1.82) is 0 Å². The van der Waals surface area contributed by atoms with Gasteiger partial charge in [0, 0.05) is 11.9 Å². The van der Waals surface area contributed by atoms with Crippen LogP contribution in [0.4, 0.5) is 0 Å². The summed E-state index contributed by atoms with van der Waals surface area (Å²) in [5.41, 5.74) is 9.99. The number of aromatic nitrogens is 1. The second kappa shape index (κ2) is 11.8. The number of hydrogen-bond donors (Lipinski definition) is 1. The summed E-state index contributed by atoms with van der Waals surface area (Å²) in [6.45, 7) is 4.38. The average Bonchev–Trinajstić information content (AvgIpc) is 2.86. The molecule has 1 aliphatic rings. The van der Waals surface area contributed by atoms with Gasteiger partial charge in [0.1, 0.15) is 0 Å². The summed E-state index contributed by atoms with van der Waals surface area (Å²) >= 11 is 0. The van der Waals surface area contributed by atoms with Crippen LogP contribution in [0.25, 0.3) is 5.57 Å². The second-order valence-corrected chi connectivity index (χ2v) is 8.77. The third-order valence-electron chi connectivity index (χ3n) is 6.64. The number of rotatable bonds is 10. The molecule has 0 amide bonds. The smallest absolute Gasteiger partial charge is 0.0438 e. The molecule has 1 N–H and O–H groups in total. The number of aryl methyl sites for hydroxylation is 2. The van der Waals surface area contributed by atoms with Crippen molar-refractivity contribution in [2.24, 2.45) is 0 Å². The van der Waals surface area contributed by atoms with Crippen LogP contribution < -0.4 is 5.32 Å². The molecule has 166 valence electrons. The highest BCUT2D eigenvalue weighted by molar-refractivity contribution is 5.82. The zero-order chi connectivity index (χ0) is 22.0. The Bertz CT molecular complexity index is 964. The zero-order valence-electron chi connectivity index (χ0n) is 19.4. The van der Waals surface area contributed by atoms with Crippen LogP contribution in [0, 0.1) is 0 Å².